The van der Waals surface area contributed by atoms with Crippen molar-refractivity contribution in [3.8, 4) is 17.1 Å². The molecule has 9 nitrogen and oxygen atoms in total. The van der Waals surface area contributed by atoms with Gasteiger partial charge in [-0.05, 0) is 43.3 Å². The summed E-state index contributed by atoms with van der Waals surface area (Å²) in [7, 11) is -1.90. The molecule has 11 heteroatoms. The second-order valence-corrected chi connectivity index (χ2v) is 9.17. The molecule has 1 amide bonds. The van der Waals surface area contributed by atoms with Crippen molar-refractivity contribution in [2.45, 2.75) is 19.6 Å². The highest BCUT2D eigenvalue weighted by atomic mass is 35.5. The largest absolute Gasteiger partial charge is 0.481 e. The Hall–Kier alpha value is -3.11. The molecular formula is C20H21ClN4O5S. The van der Waals surface area contributed by atoms with Gasteiger partial charge in [0.15, 0.2) is 6.10 Å². The van der Waals surface area contributed by atoms with Crippen LogP contribution >= 0.6 is 11.6 Å². The zero-order valence-electron chi connectivity index (χ0n) is 17.1. The number of hydrogen-bond donors (Lipinski definition) is 1. The summed E-state index contributed by atoms with van der Waals surface area (Å²) in [5.41, 5.74) is 1.19. The quantitative estimate of drug-likeness (QED) is 0.545. The summed E-state index contributed by atoms with van der Waals surface area (Å²) in [6.45, 7) is 1.63. The van der Waals surface area contributed by atoms with Gasteiger partial charge in [0.25, 0.3) is 5.91 Å². The highest BCUT2D eigenvalue weighted by Crippen LogP contribution is 2.21. The van der Waals surface area contributed by atoms with E-state index in [9.17, 15) is 13.2 Å². The minimum atomic E-state index is -3.36. The lowest BCUT2D eigenvalue weighted by atomic mass is 10.2. The lowest BCUT2D eigenvalue weighted by Crippen LogP contribution is -2.36. The van der Waals surface area contributed by atoms with Crippen LogP contribution in [0.4, 0.5) is 5.69 Å². The van der Waals surface area contributed by atoms with Crippen LogP contribution in [-0.4, -0.2) is 43.9 Å². The Bertz CT molecular complexity index is 1160. The number of sulfonamides is 1. The third-order valence-corrected chi connectivity index (χ3v) is 5.79. The predicted molar refractivity (Wildman–Crippen MR) is 116 cm³/mol. The monoisotopic (exact) mass is 464 g/mol. The number of anilines is 1. The highest BCUT2D eigenvalue weighted by Gasteiger charge is 2.17. The Morgan fingerprint density at radius 2 is 1.97 bits per heavy atom. The van der Waals surface area contributed by atoms with Gasteiger partial charge in [0.1, 0.15) is 5.75 Å². The van der Waals surface area contributed by atoms with Crippen LogP contribution in [0.2, 0.25) is 5.02 Å². The number of amides is 1. The maximum Gasteiger partial charge on any atom is 0.261 e. The van der Waals surface area contributed by atoms with Gasteiger partial charge in [0.2, 0.25) is 21.7 Å². The van der Waals surface area contributed by atoms with E-state index in [0.717, 1.165) is 10.6 Å². The van der Waals surface area contributed by atoms with E-state index in [1.807, 2.05) is 0 Å². The van der Waals surface area contributed by atoms with Crippen LogP contribution in [0.3, 0.4) is 0 Å². The predicted octanol–water partition coefficient (Wildman–Crippen LogP) is 2.87. The van der Waals surface area contributed by atoms with Crippen LogP contribution in [0.25, 0.3) is 11.4 Å². The molecule has 0 spiro atoms. The first kappa shape index (κ1) is 22.6. The van der Waals surface area contributed by atoms with E-state index < -0.39 is 16.1 Å². The molecule has 0 saturated carbocycles. The number of ether oxygens (including phenoxy) is 1. The van der Waals surface area contributed by atoms with Crippen molar-refractivity contribution in [3.05, 3.63) is 59.4 Å². The molecule has 0 aliphatic rings. The average molecular weight is 465 g/mol. The van der Waals surface area contributed by atoms with Gasteiger partial charge in [-0.2, -0.15) is 4.98 Å². The van der Waals surface area contributed by atoms with Crippen molar-refractivity contribution < 1.29 is 22.5 Å². The molecule has 0 aliphatic carbocycles. The van der Waals surface area contributed by atoms with E-state index in [0.29, 0.717) is 27.8 Å². The molecular weight excluding hydrogens is 444 g/mol. The van der Waals surface area contributed by atoms with Gasteiger partial charge in [-0.25, -0.2) is 8.42 Å². The fourth-order valence-corrected chi connectivity index (χ4v) is 3.26. The molecule has 0 unspecified atom stereocenters. The molecule has 1 atom stereocenters. The van der Waals surface area contributed by atoms with Crippen molar-refractivity contribution >= 4 is 33.2 Å². The number of rotatable bonds is 8. The zero-order chi connectivity index (χ0) is 22.6. The molecule has 3 aromatic rings. The summed E-state index contributed by atoms with van der Waals surface area (Å²) >= 11 is 5.96. The molecule has 31 heavy (non-hydrogen) atoms. The second-order valence-electron chi connectivity index (χ2n) is 6.72. The van der Waals surface area contributed by atoms with Crippen LogP contribution in [0.1, 0.15) is 12.8 Å². The number of carbonyl (C=O) groups is 1. The molecule has 0 aliphatic heterocycles. The standard InChI is InChI=1S/C20H21ClN4O5S/c1-13(29-17-9-7-16(8-10-17)25(2)31(3,27)28)20(26)22-12-18-23-19(24-30-18)14-5-4-6-15(21)11-14/h4-11,13H,12H2,1-3H3,(H,22,26)/t13-/m0/s1. The maximum atomic E-state index is 12.3. The molecule has 1 N–H and O–H groups in total. The number of carbonyl (C=O) groups excluding carboxylic acids is 1. The highest BCUT2D eigenvalue weighted by molar-refractivity contribution is 7.92. The third-order valence-electron chi connectivity index (χ3n) is 4.34. The van der Waals surface area contributed by atoms with Gasteiger partial charge in [-0.15, -0.1) is 0 Å². The lowest BCUT2D eigenvalue weighted by Gasteiger charge is -2.18. The summed E-state index contributed by atoms with van der Waals surface area (Å²) in [4.78, 5) is 16.6. The molecule has 2 aromatic carbocycles. The molecule has 0 radical (unpaired) electrons. The first-order valence-electron chi connectivity index (χ1n) is 9.20. The number of aromatic nitrogens is 2. The number of halogens is 1. The first-order chi connectivity index (χ1) is 14.6. The van der Waals surface area contributed by atoms with Crippen LogP contribution in [-0.2, 0) is 21.4 Å². The fraction of sp³-hybridized carbons (Fsp3) is 0.250. The summed E-state index contributed by atoms with van der Waals surface area (Å²) in [5, 5.41) is 7.11. The van der Waals surface area contributed by atoms with E-state index >= 15 is 0 Å². The second kappa shape index (κ2) is 9.36. The summed E-state index contributed by atoms with van der Waals surface area (Å²) in [5.74, 6) is 0.660. The third kappa shape index (κ3) is 5.96. The summed E-state index contributed by atoms with van der Waals surface area (Å²) < 4.78 is 35.1. The molecule has 3 rings (SSSR count). The SMILES string of the molecule is C[C@H](Oc1ccc(N(C)S(C)(=O)=O)cc1)C(=O)NCc1nc(-c2cccc(Cl)c2)no1. The van der Waals surface area contributed by atoms with E-state index in [2.05, 4.69) is 15.5 Å². The van der Waals surface area contributed by atoms with E-state index in [1.165, 1.54) is 7.05 Å². The van der Waals surface area contributed by atoms with Gasteiger partial charge in [-0.1, -0.05) is 28.9 Å². The normalized spacial score (nSPS) is 12.3. The minimum Gasteiger partial charge on any atom is -0.481 e. The molecule has 164 valence electrons. The van der Waals surface area contributed by atoms with Gasteiger partial charge in [-0.3, -0.25) is 9.10 Å². The summed E-state index contributed by atoms with van der Waals surface area (Å²) in [6.07, 6.45) is 0.319. The van der Waals surface area contributed by atoms with Crippen molar-refractivity contribution in [1.29, 1.82) is 0 Å². The fourth-order valence-electron chi connectivity index (χ4n) is 2.56. The Labute approximate surface area is 185 Å². The van der Waals surface area contributed by atoms with E-state index in [-0.39, 0.29) is 18.3 Å². The van der Waals surface area contributed by atoms with E-state index in [4.69, 9.17) is 20.9 Å². The van der Waals surface area contributed by atoms with Gasteiger partial charge < -0.3 is 14.6 Å². The zero-order valence-corrected chi connectivity index (χ0v) is 18.6. The van der Waals surface area contributed by atoms with Crippen molar-refractivity contribution in [2.75, 3.05) is 17.6 Å². The Morgan fingerprint density at radius 3 is 2.61 bits per heavy atom. The Morgan fingerprint density at radius 1 is 1.26 bits per heavy atom. The van der Waals surface area contributed by atoms with Gasteiger partial charge >= 0.3 is 0 Å². The molecule has 0 saturated heterocycles. The molecule has 1 heterocycles. The average Bonchev–Trinajstić information content (AvgIpc) is 3.20. The molecule has 0 bridgehead atoms. The first-order valence-corrected chi connectivity index (χ1v) is 11.4. The molecule has 1 aromatic heterocycles. The lowest BCUT2D eigenvalue weighted by molar-refractivity contribution is -0.127. The summed E-state index contributed by atoms with van der Waals surface area (Å²) in [6, 6.07) is 13.4. The Kier molecular flexibility index (Phi) is 6.81. The molecule has 0 fully saturated rings. The van der Waals surface area contributed by atoms with Gasteiger partial charge in [0.05, 0.1) is 18.5 Å². The van der Waals surface area contributed by atoms with Crippen LogP contribution < -0.4 is 14.4 Å². The van der Waals surface area contributed by atoms with E-state index in [1.54, 1.807) is 55.5 Å². The smallest absolute Gasteiger partial charge is 0.261 e. The van der Waals surface area contributed by atoms with Crippen molar-refractivity contribution in [2.24, 2.45) is 0 Å². The number of benzene rings is 2. The van der Waals surface area contributed by atoms with Crippen LogP contribution in [0.5, 0.6) is 5.75 Å². The minimum absolute atomic E-state index is 0.0399. The van der Waals surface area contributed by atoms with Gasteiger partial charge in [0, 0.05) is 17.6 Å². The Balaban J connectivity index is 1.54. The van der Waals surface area contributed by atoms with Crippen LogP contribution in [0.15, 0.2) is 53.1 Å². The van der Waals surface area contributed by atoms with Crippen LogP contribution in [0, 0.1) is 0 Å². The number of nitrogens with zero attached hydrogens (tertiary/aromatic N) is 3. The topological polar surface area (TPSA) is 115 Å². The van der Waals surface area contributed by atoms with Crippen molar-refractivity contribution in [1.82, 2.24) is 15.5 Å². The number of nitrogens with one attached hydrogen (secondary N) is 1. The maximum absolute atomic E-state index is 12.3. The number of hydrogen-bond acceptors (Lipinski definition) is 7. The van der Waals surface area contributed by atoms with Crippen molar-refractivity contribution in [3.63, 3.8) is 0 Å².